The molecular weight excluding hydrogens is 198 g/mol. The van der Waals surface area contributed by atoms with Gasteiger partial charge >= 0.3 is 0 Å². The number of rotatable bonds is 3. The van der Waals surface area contributed by atoms with Crippen molar-refractivity contribution in [1.29, 1.82) is 0 Å². The second kappa shape index (κ2) is 4.10. The molecule has 16 heavy (non-hydrogen) atoms. The van der Waals surface area contributed by atoms with Crippen molar-refractivity contribution in [2.45, 2.75) is 39.7 Å². The van der Waals surface area contributed by atoms with E-state index in [4.69, 9.17) is 0 Å². The lowest BCUT2D eigenvalue weighted by molar-refractivity contribution is 0.208. The maximum atomic E-state index is 9.23. The van der Waals surface area contributed by atoms with Crippen molar-refractivity contribution in [3.05, 3.63) is 29.3 Å². The van der Waals surface area contributed by atoms with Crippen LogP contribution in [0.25, 0.3) is 0 Å². The summed E-state index contributed by atoms with van der Waals surface area (Å²) in [6, 6.07) is 6.56. The molecule has 2 rings (SSSR count). The summed E-state index contributed by atoms with van der Waals surface area (Å²) in [6.45, 7) is 7.04. The Morgan fingerprint density at radius 3 is 2.69 bits per heavy atom. The van der Waals surface area contributed by atoms with Gasteiger partial charge in [0.25, 0.3) is 0 Å². The van der Waals surface area contributed by atoms with E-state index in [1.54, 1.807) is 6.92 Å². The number of hydrogen-bond donors (Lipinski definition) is 2. The lowest BCUT2D eigenvalue weighted by Crippen LogP contribution is -2.15. The lowest BCUT2D eigenvalue weighted by atomic mass is 9.90. The van der Waals surface area contributed by atoms with E-state index >= 15 is 0 Å². The van der Waals surface area contributed by atoms with Crippen molar-refractivity contribution in [3.63, 3.8) is 0 Å². The van der Waals surface area contributed by atoms with Crippen molar-refractivity contribution >= 4 is 5.69 Å². The third-order valence-electron chi connectivity index (χ3n) is 3.15. The maximum Gasteiger partial charge on any atom is 0.0684 e. The molecule has 0 saturated heterocycles. The highest BCUT2D eigenvalue weighted by Gasteiger charge is 2.28. The Balaban J connectivity index is 2.10. The third-order valence-corrected chi connectivity index (χ3v) is 3.15. The summed E-state index contributed by atoms with van der Waals surface area (Å²) in [5.74, 6) is 0. The zero-order valence-electron chi connectivity index (χ0n) is 10.4. The Morgan fingerprint density at radius 2 is 2.00 bits per heavy atom. The van der Waals surface area contributed by atoms with Crippen molar-refractivity contribution in [2.75, 3.05) is 11.9 Å². The molecule has 0 aromatic heterocycles. The van der Waals surface area contributed by atoms with Gasteiger partial charge in [0.2, 0.25) is 0 Å². The minimum Gasteiger partial charge on any atom is -0.392 e. The van der Waals surface area contributed by atoms with Gasteiger partial charge in [-0.1, -0.05) is 19.9 Å². The van der Waals surface area contributed by atoms with E-state index in [1.165, 1.54) is 17.5 Å². The minimum atomic E-state index is -0.301. The van der Waals surface area contributed by atoms with Gasteiger partial charge in [-0.3, -0.25) is 0 Å². The quantitative estimate of drug-likeness (QED) is 0.819. The van der Waals surface area contributed by atoms with Crippen molar-refractivity contribution in [3.8, 4) is 0 Å². The fourth-order valence-electron chi connectivity index (χ4n) is 2.43. The van der Waals surface area contributed by atoms with Gasteiger partial charge in [-0.05, 0) is 48.4 Å². The van der Waals surface area contributed by atoms with Crippen LogP contribution >= 0.6 is 0 Å². The molecule has 2 N–H and O–H groups in total. The second-order valence-electron chi connectivity index (χ2n) is 5.73. The fourth-order valence-corrected chi connectivity index (χ4v) is 2.43. The van der Waals surface area contributed by atoms with Crippen LogP contribution in [0.15, 0.2) is 18.2 Å². The first kappa shape index (κ1) is 11.5. The summed E-state index contributed by atoms with van der Waals surface area (Å²) in [4.78, 5) is 0. The van der Waals surface area contributed by atoms with E-state index in [9.17, 15) is 5.11 Å². The third kappa shape index (κ3) is 2.56. The first-order valence-electron chi connectivity index (χ1n) is 6.00. The molecule has 2 nitrogen and oxygen atoms in total. The molecule has 0 aliphatic heterocycles. The standard InChI is InChI=1S/C14H21NO/c1-10(16)9-15-13-5-4-11-7-14(2,3)8-12(11)6-13/h4-6,10,15-16H,7-9H2,1-3H3. The summed E-state index contributed by atoms with van der Waals surface area (Å²) in [6.07, 6.45) is 2.04. The van der Waals surface area contributed by atoms with Gasteiger partial charge in [0, 0.05) is 12.2 Å². The summed E-state index contributed by atoms with van der Waals surface area (Å²) >= 11 is 0. The van der Waals surface area contributed by atoms with Gasteiger partial charge in [0.05, 0.1) is 6.10 Å². The monoisotopic (exact) mass is 219 g/mol. The van der Waals surface area contributed by atoms with Crippen LogP contribution in [0.5, 0.6) is 0 Å². The number of nitrogens with one attached hydrogen (secondary N) is 1. The maximum absolute atomic E-state index is 9.23. The molecule has 1 atom stereocenters. The Hall–Kier alpha value is -1.02. The number of aliphatic hydroxyl groups excluding tert-OH is 1. The number of anilines is 1. The number of benzene rings is 1. The minimum absolute atomic E-state index is 0.301. The first-order valence-corrected chi connectivity index (χ1v) is 6.00. The van der Waals surface area contributed by atoms with Crippen molar-refractivity contribution in [1.82, 2.24) is 0 Å². The number of fused-ring (bicyclic) bond motifs is 1. The molecule has 88 valence electrons. The number of hydrogen-bond acceptors (Lipinski definition) is 2. The second-order valence-corrected chi connectivity index (χ2v) is 5.73. The van der Waals surface area contributed by atoms with Crippen LogP contribution in [0.2, 0.25) is 0 Å². The topological polar surface area (TPSA) is 32.3 Å². The van der Waals surface area contributed by atoms with E-state index < -0.39 is 0 Å². The van der Waals surface area contributed by atoms with Crippen molar-refractivity contribution < 1.29 is 5.11 Å². The summed E-state index contributed by atoms with van der Waals surface area (Å²) in [5, 5.41) is 12.5. The van der Waals surface area contributed by atoms with Crippen LogP contribution < -0.4 is 5.32 Å². The van der Waals surface area contributed by atoms with Crippen LogP contribution in [0, 0.1) is 5.41 Å². The summed E-state index contributed by atoms with van der Waals surface area (Å²) in [7, 11) is 0. The van der Waals surface area contributed by atoms with Gasteiger partial charge in [-0.15, -0.1) is 0 Å². The summed E-state index contributed by atoms with van der Waals surface area (Å²) in [5.41, 5.74) is 4.47. The predicted molar refractivity (Wildman–Crippen MR) is 67.8 cm³/mol. The largest absolute Gasteiger partial charge is 0.392 e. The SMILES string of the molecule is CC(O)CNc1ccc2c(c1)CC(C)(C)C2. The van der Waals surface area contributed by atoms with E-state index in [2.05, 4.69) is 37.4 Å². The molecule has 0 radical (unpaired) electrons. The molecule has 1 aromatic rings. The summed E-state index contributed by atoms with van der Waals surface area (Å²) < 4.78 is 0. The average Bonchev–Trinajstić information content (AvgIpc) is 2.47. The van der Waals surface area contributed by atoms with Crippen molar-refractivity contribution in [2.24, 2.45) is 5.41 Å². The fraction of sp³-hybridized carbons (Fsp3) is 0.571. The predicted octanol–water partition coefficient (Wildman–Crippen LogP) is 2.60. The van der Waals surface area contributed by atoms with Gasteiger partial charge in [0.1, 0.15) is 0 Å². The Kier molecular flexibility index (Phi) is 2.94. The van der Waals surface area contributed by atoms with Gasteiger partial charge in [0.15, 0.2) is 0 Å². The van der Waals surface area contributed by atoms with Crippen LogP contribution in [-0.2, 0) is 12.8 Å². The number of aliphatic hydroxyl groups is 1. The molecule has 2 heteroatoms. The normalized spacial score (nSPS) is 19.2. The highest BCUT2D eigenvalue weighted by Crippen LogP contribution is 2.37. The Bertz CT molecular complexity index is 382. The molecule has 0 saturated carbocycles. The Morgan fingerprint density at radius 1 is 1.31 bits per heavy atom. The van der Waals surface area contributed by atoms with Gasteiger partial charge in [-0.2, -0.15) is 0 Å². The van der Waals surface area contributed by atoms with E-state index in [1.807, 2.05) is 0 Å². The molecular formula is C14H21NO. The zero-order chi connectivity index (χ0) is 11.8. The molecule has 1 aromatic carbocycles. The molecule has 0 bridgehead atoms. The van der Waals surface area contributed by atoms with Crippen LogP contribution in [-0.4, -0.2) is 17.8 Å². The van der Waals surface area contributed by atoms with Gasteiger partial charge in [-0.25, -0.2) is 0 Å². The molecule has 1 aliphatic carbocycles. The van der Waals surface area contributed by atoms with Gasteiger partial charge < -0.3 is 10.4 Å². The zero-order valence-corrected chi connectivity index (χ0v) is 10.4. The molecule has 1 unspecified atom stereocenters. The average molecular weight is 219 g/mol. The highest BCUT2D eigenvalue weighted by molar-refractivity contribution is 5.50. The van der Waals surface area contributed by atoms with E-state index in [0.29, 0.717) is 12.0 Å². The van der Waals surface area contributed by atoms with Crippen LogP contribution in [0.1, 0.15) is 31.9 Å². The molecule has 0 amide bonds. The molecule has 0 spiro atoms. The smallest absolute Gasteiger partial charge is 0.0684 e. The molecule has 0 fully saturated rings. The Labute approximate surface area is 97.7 Å². The van der Waals surface area contributed by atoms with Crippen LogP contribution in [0.4, 0.5) is 5.69 Å². The molecule has 1 aliphatic rings. The van der Waals surface area contributed by atoms with Crippen LogP contribution in [0.3, 0.4) is 0 Å². The molecule has 0 heterocycles. The lowest BCUT2D eigenvalue weighted by Gasteiger charge is -2.14. The van der Waals surface area contributed by atoms with E-state index in [0.717, 1.165) is 12.1 Å². The van der Waals surface area contributed by atoms with E-state index in [-0.39, 0.29) is 6.10 Å². The first-order chi connectivity index (χ1) is 7.46. The highest BCUT2D eigenvalue weighted by atomic mass is 16.3.